The van der Waals surface area contributed by atoms with Gasteiger partial charge in [-0.3, -0.25) is 0 Å². The lowest BCUT2D eigenvalue weighted by molar-refractivity contribution is 0.348. The maximum absolute atomic E-state index is 13.4. The quantitative estimate of drug-likeness (QED) is 0.819. The number of methoxy groups -OCH3 is 1. The Labute approximate surface area is 107 Å². The van der Waals surface area contributed by atoms with Gasteiger partial charge >= 0.3 is 0 Å². The zero-order valence-electron chi connectivity index (χ0n) is 10.9. The number of anilines is 1. The van der Waals surface area contributed by atoms with Crippen LogP contribution in [0.5, 0.6) is 5.75 Å². The molecule has 0 aliphatic carbocycles. The number of ether oxygens (including phenoxy) is 1. The smallest absolute Gasteiger partial charge is 0.128 e. The van der Waals surface area contributed by atoms with Crippen molar-refractivity contribution < 1.29 is 9.13 Å². The molecule has 3 nitrogen and oxygen atoms in total. The van der Waals surface area contributed by atoms with E-state index in [0.29, 0.717) is 5.75 Å². The molecule has 0 N–H and O–H groups in total. The summed E-state index contributed by atoms with van der Waals surface area (Å²) in [5.74, 6) is 0.320. The molecule has 1 aliphatic heterocycles. The number of hydrogen-bond donors (Lipinski definition) is 0. The number of allylic oxidation sites excluding steroid dienone is 1. The monoisotopic (exact) mass is 250 g/mol. The van der Waals surface area contributed by atoms with Crippen molar-refractivity contribution in [3.05, 3.63) is 36.3 Å². The Morgan fingerprint density at radius 3 is 2.50 bits per heavy atom. The lowest BCUT2D eigenvalue weighted by atomic mass is 10.2. The Morgan fingerprint density at radius 2 is 1.89 bits per heavy atom. The van der Waals surface area contributed by atoms with Gasteiger partial charge in [0.05, 0.1) is 7.11 Å². The minimum atomic E-state index is -0.250. The molecule has 0 aromatic heterocycles. The highest BCUT2D eigenvalue weighted by molar-refractivity contribution is 5.51. The lowest BCUT2D eigenvalue weighted by Crippen LogP contribution is -2.44. The van der Waals surface area contributed by atoms with E-state index < -0.39 is 0 Å². The van der Waals surface area contributed by atoms with Gasteiger partial charge in [-0.1, -0.05) is 6.08 Å². The summed E-state index contributed by atoms with van der Waals surface area (Å²) in [6.07, 6.45) is 4.14. The number of benzene rings is 1. The summed E-state index contributed by atoms with van der Waals surface area (Å²) < 4.78 is 18.5. The number of rotatable bonds is 3. The first-order valence-electron chi connectivity index (χ1n) is 6.19. The number of hydrogen-bond acceptors (Lipinski definition) is 3. The first-order chi connectivity index (χ1) is 8.72. The van der Waals surface area contributed by atoms with Gasteiger partial charge in [-0.15, -0.1) is 0 Å². The lowest BCUT2D eigenvalue weighted by Gasteiger charge is -2.35. The Morgan fingerprint density at radius 1 is 1.17 bits per heavy atom. The Hall–Kier alpha value is -1.71. The molecular formula is C14H19FN2O. The Balaban J connectivity index is 2.07. The molecular weight excluding hydrogens is 231 g/mol. The maximum atomic E-state index is 13.4. The van der Waals surface area contributed by atoms with E-state index in [4.69, 9.17) is 4.74 Å². The molecule has 1 aliphatic rings. The summed E-state index contributed by atoms with van der Waals surface area (Å²) in [5.41, 5.74) is 0.895. The summed E-state index contributed by atoms with van der Waals surface area (Å²) in [7, 11) is 1.56. The van der Waals surface area contributed by atoms with Crippen LogP contribution in [0.25, 0.3) is 0 Å². The fourth-order valence-corrected chi connectivity index (χ4v) is 2.19. The van der Waals surface area contributed by atoms with E-state index in [1.54, 1.807) is 13.2 Å². The number of nitrogens with zero attached hydrogens (tertiary/aromatic N) is 2. The van der Waals surface area contributed by atoms with Crippen molar-refractivity contribution in [2.75, 3.05) is 38.2 Å². The normalized spacial score (nSPS) is 16.4. The number of halogens is 1. The predicted octanol–water partition coefficient (Wildman–Crippen LogP) is 2.49. The molecule has 2 rings (SSSR count). The van der Waals surface area contributed by atoms with E-state index in [1.165, 1.54) is 6.07 Å². The van der Waals surface area contributed by atoms with Crippen LogP contribution in [0.4, 0.5) is 10.1 Å². The van der Waals surface area contributed by atoms with Crippen LogP contribution >= 0.6 is 0 Å². The van der Waals surface area contributed by atoms with Gasteiger partial charge in [-0.05, 0) is 19.2 Å². The SMILES string of the molecule is C/C=C/N1CCN(c2cc(F)cc(OC)c2)CC1. The zero-order chi connectivity index (χ0) is 13.0. The highest BCUT2D eigenvalue weighted by atomic mass is 19.1. The second-order valence-electron chi connectivity index (χ2n) is 4.35. The van der Waals surface area contributed by atoms with Crippen LogP contribution in [0.3, 0.4) is 0 Å². The van der Waals surface area contributed by atoms with Gasteiger partial charge in [0.15, 0.2) is 0 Å². The van der Waals surface area contributed by atoms with Crippen molar-refractivity contribution in [3.63, 3.8) is 0 Å². The molecule has 1 fully saturated rings. The van der Waals surface area contributed by atoms with E-state index in [1.807, 2.05) is 19.1 Å². The van der Waals surface area contributed by atoms with E-state index >= 15 is 0 Å². The van der Waals surface area contributed by atoms with Gasteiger partial charge < -0.3 is 14.5 Å². The summed E-state index contributed by atoms with van der Waals surface area (Å²) in [5, 5.41) is 0. The summed E-state index contributed by atoms with van der Waals surface area (Å²) in [6, 6.07) is 4.85. The van der Waals surface area contributed by atoms with Crippen LogP contribution in [-0.2, 0) is 0 Å². The Kier molecular flexibility index (Phi) is 4.07. The van der Waals surface area contributed by atoms with Gasteiger partial charge in [-0.25, -0.2) is 4.39 Å². The first kappa shape index (κ1) is 12.7. The van der Waals surface area contributed by atoms with Crippen molar-refractivity contribution in [2.45, 2.75) is 6.92 Å². The number of piperazine rings is 1. The van der Waals surface area contributed by atoms with Crippen LogP contribution in [0.2, 0.25) is 0 Å². The molecule has 1 aromatic carbocycles. The van der Waals surface area contributed by atoms with Crippen LogP contribution < -0.4 is 9.64 Å². The molecule has 0 saturated carbocycles. The fraction of sp³-hybridized carbons (Fsp3) is 0.429. The maximum Gasteiger partial charge on any atom is 0.128 e. The third kappa shape index (κ3) is 2.94. The van der Waals surface area contributed by atoms with E-state index in [2.05, 4.69) is 16.0 Å². The molecule has 1 heterocycles. The molecule has 0 amide bonds. The summed E-state index contributed by atoms with van der Waals surface area (Å²) in [6.45, 7) is 5.74. The van der Waals surface area contributed by atoms with Crippen molar-refractivity contribution in [3.8, 4) is 5.75 Å². The minimum absolute atomic E-state index is 0.250. The molecule has 4 heteroatoms. The molecule has 18 heavy (non-hydrogen) atoms. The van der Waals surface area contributed by atoms with Crippen LogP contribution in [0.1, 0.15) is 6.92 Å². The van der Waals surface area contributed by atoms with E-state index in [0.717, 1.165) is 31.9 Å². The van der Waals surface area contributed by atoms with Crippen LogP contribution in [0, 0.1) is 5.82 Å². The van der Waals surface area contributed by atoms with Crippen molar-refractivity contribution in [1.29, 1.82) is 0 Å². The third-order valence-electron chi connectivity index (χ3n) is 3.13. The van der Waals surface area contributed by atoms with Crippen molar-refractivity contribution in [2.24, 2.45) is 0 Å². The van der Waals surface area contributed by atoms with Gasteiger partial charge in [0.1, 0.15) is 11.6 Å². The second kappa shape index (κ2) is 5.76. The average molecular weight is 250 g/mol. The van der Waals surface area contributed by atoms with Gasteiger partial charge in [0, 0.05) is 44.0 Å². The van der Waals surface area contributed by atoms with Crippen LogP contribution in [0.15, 0.2) is 30.5 Å². The highest BCUT2D eigenvalue weighted by Crippen LogP contribution is 2.24. The average Bonchev–Trinajstić information content (AvgIpc) is 2.39. The minimum Gasteiger partial charge on any atom is -0.497 e. The second-order valence-corrected chi connectivity index (χ2v) is 4.35. The molecule has 98 valence electrons. The molecule has 1 saturated heterocycles. The highest BCUT2D eigenvalue weighted by Gasteiger charge is 2.16. The van der Waals surface area contributed by atoms with E-state index in [-0.39, 0.29) is 5.82 Å². The van der Waals surface area contributed by atoms with E-state index in [9.17, 15) is 4.39 Å². The molecule has 0 radical (unpaired) electrons. The molecule has 0 atom stereocenters. The topological polar surface area (TPSA) is 15.7 Å². The van der Waals surface area contributed by atoms with Crippen molar-refractivity contribution in [1.82, 2.24) is 4.90 Å². The van der Waals surface area contributed by atoms with Gasteiger partial charge in [0.25, 0.3) is 0 Å². The molecule has 0 bridgehead atoms. The van der Waals surface area contributed by atoms with Gasteiger partial charge in [-0.2, -0.15) is 0 Å². The van der Waals surface area contributed by atoms with Crippen molar-refractivity contribution >= 4 is 5.69 Å². The molecule has 0 spiro atoms. The standard InChI is InChI=1S/C14H19FN2O/c1-3-4-16-5-7-17(8-6-16)13-9-12(15)10-14(11-13)18-2/h3-4,9-11H,5-8H2,1-2H3/b4-3+. The predicted molar refractivity (Wildman–Crippen MR) is 71.6 cm³/mol. The van der Waals surface area contributed by atoms with Gasteiger partial charge in [0.2, 0.25) is 0 Å². The summed E-state index contributed by atoms with van der Waals surface area (Å²) >= 11 is 0. The molecule has 1 aromatic rings. The first-order valence-corrected chi connectivity index (χ1v) is 6.19. The zero-order valence-corrected chi connectivity index (χ0v) is 10.9. The third-order valence-corrected chi connectivity index (χ3v) is 3.13. The summed E-state index contributed by atoms with van der Waals surface area (Å²) in [4.78, 5) is 4.46. The largest absolute Gasteiger partial charge is 0.497 e. The molecule has 0 unspecified atom stereocenters. The van der Waals surface area contributed by atoms with Crippen LogP contribution in [-0.4, -0.2) is 38.2 Å². The Bertz CT molecular complexity index is 426. The fourth-order valence-electron chi connectivity index (χ4n) is 2.19.